The molecule has 22 heavy (non-hydrogen) atoms. The van der Waals surface area contributed by atoms with E-state index >= 15 is 0 Å². The minimum Gasteiger partial charge on any atom is -0.331 e. The van der Waals surface area contributed by atoms with Gasteiger partial charge in [-0.05, 0) is 12.5 Å². The second kappa shape index (κ2) is 14.1. The van der Waals surface area contributed by atoms with Crippen molar-refractivity contribution >= 4 is 23.8 Å². The molecule has 0 aliphatic carbocycles. The van der Waals surface area contributed by atoms with Gasteiger partial charge >= 0.3 is 0 Å². The van der Waals surface area contributed by atoms with Crippen LogP contribution in [0.15, 0.2) is 12.2 Å². The number of allylic oxidation sites excluding steroid dienone is 1. The maximum atomic E-state index is 12.0. The monoisotopic (exact) mass is 312 g/mol. The molecule has 0 saturated heterocycles. The molecule has 0 heterocycles. The molecule has 0 aliphatic rings. The summed E-state index contributed by atoms with van der Waals surface area (Å²) in [5.41, 5.74) is 5.52. The van der Waals surface area contributed by atoms with Crippen LogP contribution in [0.5, 0.6) is 0 Å². The summed E-state index contributed by atoms with van der Waals surface area (Å²) in [7, 11) is 1.46. The van der Waals surface area contributed by atoms with E-state index in [1.165, 1.54) is 11.9 Å². The van der Waals surface area contributed by atoms with E-state index in [0.29, 0.717) is 25.5 Å². The van der Waals surface area contributed by atoms with E-state index in [2.05, 4.69) is 0 Å². The molecular weight excluding hydrogens is 284 g/mol. The number of aldehydes is 1. The summed E-state index contributed by atoms with van der Waals surface area (Å²) in [5, 5.41) is 0. The van der Waals surface area contributed by atoms with Crippen molar-refractivity contribution in [1.82, 2.24) is 4.90 Å². The summed E-state index contributed by atoms with van der Waals surface area (Å²) in [6.07, 6.45) is 4.14. The van der Waals surface area contributed by atoms with Crippen molar-refractivity contribution in [1.29, 1.82) is 0 Å². The Morgan fingerprint density at radius 2 is 1.77 bits per heavy atom. The van der Waals surface area contributed by atoms with E-state index in [1.54, 1.807) is 6.92 Å². The highest BCUT2D eigenvalue weighted by Gasteiger charge is 2.23. The Hall–Kier alpha value is -1.82. The van der Waals surface area contributed by atoms with Crippen molar-refractivity contribution in [2.45, 2.75) is 52.5 Å². The zero-order valence-electron chi connectivity index (χ0n) is 14.0. The third-order valence-corrected chi connectivity index (χ3v) is 3.00. The summed E-state index contributed by atoms with van der Waals surface area (Å²) in [4.78, 5) is 46.2. The van der Waals surface area contributed by atoms with Crippen molar-refractivity contribution in [3.63, 3.8) is 0 Å². The van der Waals surface area contributed by atoms with Crippen molar-refractivity contribution in [3.8, 4) is 0 Å². The molecule has 2 N–H and O–H groups in total. The summed E-state index contributed by atoms with van der Waals surface area (Å²) < 4.78 is 0. The Balaban J connectivity index is 0. The summed E-state index contributed by atoms with van der Waals surface area (Å²) >= 11 is 0. The van der Waals surface area contributed by atoms with Gasteiger partial charge in [0.2, 0.25) is 5.91 Å². The predicted molar refractivity (Wildman–Crippen MR) is 86.3 cm³/mol. The zero-order valence-corrected chi connectivity index (χ0v) is 14.0. The molecule has 0 aliphatic heterocycles. The van der Waals surface area contributed by atoms with Gasteiger partial charge in [-0.3, -0.25) is 19.2 Å². The molecule has 0 rings (SSSR count). The first-order chi connectivity index (χ1) is 10.5. The number of amides is 1. The molecule has 126 valence electrons. The molecule has 0 aromatic rings. The quantitative estimate of drug-likeness (QED) is 0.484. The topological polar surface area (TPSA) is 97.5 Å². The van der Waals surface area contributed by atoms with Crippen LogP contribution in [-0.4, -0.2) is 48.3 Å². The fourth-order valence-electron chi connectivity index (χ4n) is 1.70. The number of ketones is 2. The third kappa shape index (κ3) is 9.18. The van der Waals surface area contributed by atoms with Gasteiger partial charge in [-0.15, -0.1) is 0 Å². The summed E-state index contributed by atoms with van der Waals surface area (Å²) in [6, 6.07) is -0.726. The number of rotatable bonds is 10. The number of nitrogens with two attached hydrogens (primary N) is 1. The minimum atomic E-state index is -0.726. The van der Waals surface area contributed by atoms with Crippen molar-refractivity contribution < 1.29 is 19.2 Å². The molecule has 0 fully saturated rings. The van der Waals surface area contributed by atoms with Crippen molar-refractivity contribution in [2.75, 3.05) is 13.6 Å². The second-order valence-electron chi connectivity index (χ2n) is 4.41. The largest absolute Gasteiger partial charge is 0.331 e. The standard InChI is InChI=1S/C14H22N2O4.C2H6/c1-3-11(18)6-4-7-13(19)12(10-15)16(2)14(20)8-5-9-17;1-2/h5,8-9,12H,3-4,6-7,10,15H2,1-2H3;1-2H3/b8-5-;. The Morgan fingerprint density at radius 1 is 1.18 bits per heavy atom. The summed E-state index contributed by atoms with van der Waals surface area (Å²) in [5.74, 6) is -0.516. The average molecular weight is 312 g/mol. The smallest absolute Gasteiger partial charge is 0.247 e. The van der Waals surface area contributed by atoms with Gasteiger partial charge in [-0.2, -0.15) is 0 Å². The molecule has 0 bridgehead atoms. The van der Waals surface area contributed by atoms with E-state index in [4.69, 9.17) is 5.73 Å². The average Bonchev–Trinajstić information content (AvgIpc) is 2.54. The van der Waals surface area contributed by atoms with Gasteiger partial charge in [-0.25, -0.2) is 0 Å². The lowest BCUT2D eigenvalue weighted by Gasteiger charge is -2.24. The molecular formula is C16H28N2O4. The molecule has 6 heteroatoms. The first-order valence-electron chi connectivity index (χ1n) is 7.61. The van der Waals surface area contributed by atoms with Crippen LogP contribution in [0.1, 0.15) is 46.5 Å². The molecule has 0 spiro atoms. The van der Waals surface area contributed by atoms with Gasteiger partial charge in [0.25, 0.3) is 0 Å². The SMILES string of the molecule is CC.CCC(=O)CCCC(=O)C(CN)N(C)C(=O)/C=C\C=O. The Kier molecular flexibility index (Phi) is 14.4. The second-order valence-corrected chi connectivity index (χ2v) is 4.41. The number of likely N-dealkylation sites (N-methyl/N-ethyl adjacent to an activating group) is 1. The molecule has 1 unspecified atom stereocenters. The summed E-state index contributed by atoms with van der Waals surface area (Å²) in [6.45, 7) is 5.79. The number of carbonyl (C=O) groups is 4. The van der Waals surface area contributed by atoms with Crippen LogP contribution in [0.2, 0.25) is 0 Å². The fourth-order valence-corrected chi connectivity index (χ4v) is 1.70. The Bertz CT molecular complexity index is 392. The van der Waals surface area contributed by atoms with E-state index in [-0.39, 0.29) is 24.5 Å². The number of Topliss-reactive ketones (excluding diaryl/α,β-unsaturated/α-hetero) is 2. The first kappa shape index (κ1) is 22.5. The van der Waals surface area contributed by atoms with Gasteiger partial charge < -0.3 is 10.6 Å². The van der Waals surface area contributed by atoms with Gasteiger partial charge in [0.05, 0.1) is 0 Å². The van der Waals surface area contributed by atoms with Gasteiger partial charge in [-0.1, -0.05) is 20.8 Å². The lowest BCUT2D eigenvalue weighted by Crippen LogP contribution is -2.46. The van der Waals surface area contributed by atoms with Gasteiger partial charge in [0.1, 0.15) is 18.1 Å². The lowest BCUT2D eigenvalue weighted by atomic mass is 10.0. The van der Waals surface area contributed by atoms with Gasteiger partial charge in [0, 0.05) is 38.9 Å². The Labute approximate surface area is 132 Å². The van der Waals surface area contributed by atoms with Crippen LogP contribution >= 0.6 is 0 Å². The highest BCUT2D eigenvalue weighted by atomic mass is 16.2. The highest BCUT2D eigenvalue weighted by Crippen LogP contribution is 2.06. The fraction of sp³-hybridized carbons (Fsp3) is 0.625. The van der Waals surface area contributed by atoms with E-state index in [9.17, 15) is 19.2 Å². The van der Waals surface area contributed by atoms with Crippen LogP contribution in [-0.2, 0) is 19.2 Å². The molecule has 0 aromatic heterocycles. The van der Waals surface area contributed by atoms with Crippen LogP contribution in [0, 0.1) is 0 Å². The maximum absolute atomic E-state index is 12.0. The molecule has 0 saturated carbocycles. The number of hydrogen-bond donors (Lipinski definition) is 1. The lowest BCUT2D eigenvalue weighted by molar-refractivity contribution is -0.134. The van der Waals surface area contributed by atoms with Crippen molar-refractivity contribution in [2.24, 2.45) is 5.73 Å². The van der Waals surface area contributed by atoms with Crippen molar-refractivity contribution in [3.05, 3.63) is 12.2 Å². The molecule has 1 amide bonds. The van der Waals surface area contributed by atoms with Crippen LogP contribution in [0.4, 0.5) is 0 Å². The van der Waals surface area contributed by atoms with E-state index in [0.717, 1.165) is 12.2 Å². The zero-order chi connectivity index (χ0) is 17.5. The normalized spacial score (nSPS) is 11.3. The van der Waals surface area contributed by atoms with Crippen LogP contribution < -0.4 is 5.73 Å². The van der Waals surface area contributed by atoms with Crippen LogP contribution in [0.3, 0.4) is 0 Å². The number of nitrogens with zero attached hydrogens (tertiary/aromatic N) is 1. The van der Waals surface area contributed by atoms with E-state index in [1.807, 2.05) is 13.8 Å². The molecule has 1 atom stereocenters. The Morgan fingerprint density at radius 3 is 2.23 bits per heavy atom. The first-order valence-corrected chi connectivity index (χ1v) is 7.61. The molecule has 0 radical (unpaired) electrons. The minimum absolute atomic E-state index is 0.0116. The molecule has 0 aromatic carbocycles. The number of carbonyl (C=O) groups excluding carboxylic acids is 4. The predicted octanol–water partition coefficient (Wildman–Crippen LogP) is 1.27. The van der Waals surface area contributed by atoms with E-state index < -0.39 is 11.9 Å². The van der Waals surface area contributed by atoms with Crippen LogP contribution in [0.25, 0.3) is 0 Å². The maximum Gasteiger partial charge on any atom is 0.247 e. The highest BCUT2D eigenvalue weighted by molar-refractivity contribution is 5.95. The van der Waals surface area contributed by atoms with Gasteiger partial charge in [0.15, 0.2) is 5.78 Å². The third-order valence-electron chi connectivity index (χ3n) is 3.00. The molecule has 6 nitrogen and oxygen atoms in total. The number of hydrogen-bond acceptors (Lipinski definition) is 5.